The highest BCUT2D eigenvalue weighted by Crippen LogP contribution is 2.63. The number of hydrogen-bond donors (Lipinski definition) is 2. The van der Waals surface area contributed by atoms with Crippen molar-refractivity contribution in [1.29, 1.82) is 0 Å². The van der Waals surface area contributed by atoms with Crippen molar-refractivity contribution in [1.82, 2.24) is 14.9 Å². The average molecular weight is 327 g/mol. The van der Waals surface area contributed by atoms with Gasteiger partial charge in [-0.3, -0.25) is 19.1 Å². The summed E-state index contributed by atoms with van der Waals surface area (Å²) in [4.78, 5) is 37.0. The van der Waals surface area contributed by atoms with Gasteiger partial charge in [-0.1, -0.05) is 44.2 Å². The van der Waals surface area contributed by atoms with Crippen LogP contribution in [0, 0.1) is 5.41 Å². The highest BCUT2D eigenvalue weighted by Gasteiger charge is 2.61. The van der Waals surface area contributed by atoms with Gasteiger partial charge in [-0.25, -0.2) is 4.79 Å². The molecule has 0 spiro atoms. The van der Waals surface area contributed by atoms with Gasteiger partial charge in [-0.2, -0.15) is 0 Å². The minimum Gasteiger partial charge on any atom is -0.354 e. The first-order chi connectivity index (χ1) is 11.3. The third-order valence-electron chi connectivity index (χ3n) is 5.04. The number of rotatable bonds is 5. The lowest BCUT2D eigenvalue weighted by Crippen LogP contribution is -2.39. The van der Waals surface area contributed by atoms with Gasteiger partial charge >= 0.3 is 5.69 Å². The fourth-order valence-corrected chi connectivity index (χ4v) is 3.39. The zero-order valence-electron chi connectivity index (χ0n) is 13.8. The van der Waals surface area contributed by atoms with E-state index in [0.717, 1.165) is 6.42 Å². The number of amides is 1. The second kappa shape index (κ2) is 5.78. The van der Waals surface area contributed by atoms with Crippen LogP contribution in [0.5, 0.6) is 0 Å². The van der Waals surface area contributed by atoms with E-state index in [1.807, 2.05) is 18.2 Å². The molecule has 1 aromatic heterocycles. The fraction of sp³-hybridized carbons (Fsp3) is 0.389. The zero-order valence-corrected chi connectivity index (χ0v) is 13.8. The average Bonchev–Trinajstić information content (AvgIpc) is 3.12. The van der Waals surface area contributed by atoms with Gasteiger partial charge in [0.1, 0.15) is 6.54 Å². The summed E-state index contributed by atoms with van der Waals surface area (Å²) in [5.41, 5.74) is 0.217. The molecule has 3 rings (SSSR count). The van der Waals surface area contributed by atoms with E-state index in [1.165, 1.54) is 22.4 Å². The molecule has 1 saturated carbocycles. The van der Waals surface area contributed by atoms with Crippen LogP contribution in [0.1, 0.15) is 25.8 Å². The highest BCUT2D eigenvalue weighted by molar-refractivity contribution is 5.76. The van der Waals surface area contributed by atoms with E-state index < -0.39 is 11.2 Å². The number of nitrogens with zero attached hydrogens (tertiary/aromatic N) is 1. The van der Waals surface area contributed by atoms with Crippen LogP contribution in [0.2, 0.25) is 0 Å². The number of H-pyrrole nitrogens is 1. The summed E-state index contributed by atoms with van der Waals surface area (Å²) < 4.78 is 1.18. The lowest BCUT2D eigenvalue weighted by molar-refractivity contribution is -0.121. The Labute approximate surface area is 139 Å². The van der Waals surface area contributed by atoms with Gasteiger partial charge in [-0.05, 0) is 17.4 Å². The largest absolute Gasteiger partial charge is 0.354 e. The molecule has 126 valence electrons. The zero-order chi connectivity index (χ0) is 17.4. The second-order valence-corrected chi connectivity index (χ2v) is 7.02. The minimum absolute atomic E-state index is 0.0696. The van der Waals surface area contributed by atoms with Crippen molar-refractivity contribution in [3.8, 4) is 0 Å². The van der Waals surface area contributed by atoms with Crippen molar-refractivity contribution < 1.29 is 4.79 Å². The molecule has 0 aliphatic heterocycles. The van der Waals surface area contributed by atoms with E-state index >= 15 is 0 Å². The Bertz CT molecular complexity index is 867. The predicted octanol–water partition coefficient (Wildman–Crippen LogP) is 1.02. The third-order valence-corrected chi connectivity index (χ3v) is 5.04. The van der Waals surface area contributed by atoms with E-state index in [-0.39, 0.29) is 23.3 Å². The Kier molecular flexibility index (Phi) is 3.91. The van der Waals surface area contributed by atoms with Crippen LogP contribution in [-0.4, -0.2) is 22.0 Å². The maximum Gasteiger partial charge on any atom is 0.328 e. The Hall–Kier alpha value is -2.63. The van der Waals surface area contributed by atoms with Crippen molar-refractivity contribution in [2.24, 2.45) is 5.41 Å². The molecular weight excluding hydrogens is 306 g/mol. The van der Waals surface area contributed by atoms with Crippen molar-refractivity contribution in [3.63, 3.8) is 0 Å². The summed E-state index contributed by atoms with van der Waals surface area (Å²) >= 11 is 0. The number of aromatic amines is 1. The fourth-order valence-electron chi connectivity index (χ4n) is 3.39. The molecule has 1 heterocycles. The summed E-state index contributed by atoms with van der Waals surface area (Å²) in [7, 11) is 0. The summed E-state index contributed by atoms with van der Waals surface area (Å²) in [5.74, 6) is -0.248. The first-order valence-electron chi connectivity index (χ1n) is 7.96. The molecule has 24 heavy (non-hydrogen) atoms. The second-order valence-electron chi connectivity index (χ2n) is 7.02. The van der Waals surface area contributed by atoms with Crippen LogP contribution in [0.15, 0.2) is 52.2 Å². The van der Waals surface area contributed by atoms with Crippen molar-refractivity contribution >= 4 is 5.91 Å². The van der Waals surface area contributed by atoms with Gasteiger partial charge in [0, 0.05) is 24.2 Å². The third kappa shape index (κ3) is 2.91. The maximum absolute atomic E-state index is 12.2. The van der Waals surface area contributed by atoms with E-state index in [4.69, 9.17) is 0 Å². The van der Waals surface area contributed by atoms with Crippen molar-refractivity contribution in [3.05, 3.63) is 69.0 Å². The van der Waals surface area contributed by atoms with Crippen LogP contribution in [0.4, 0.5) is 0 Å². The molecular formula is C18H21N3O3. The molecule has 2 aromatic rings. The van der Waals surface area contributed by atoms with Crippen LogP contribution in [0.3, 0.4) is 0 Å². The quantitative estimate of drug-likeness (QED) is 0.860. The Morgan fingerprint density at radius 2 is 1.88 bits per heavy atom. The molecule has 1 aliphatic carbocycles. The summed E-state index contributed by atoms with van der Waals surface area (Å²) in [6.07, 6.45) is 2.33. The van der Waals surface area contributed by atoms with Gasteiger partial charge in [0.05, 0.1) is 0 Å². The van der Waals surface area contributed by atoms with Crippen LogP contribution in [-0.2, 0) is 16.8 Å². The van der Waals surface area contributed by atoms with Crippen molar-refractivity contribution in [2.75, 3.05) is 6.54 Å². The molecule has 1 aliphatic rings. The first kappa shape index (κ1) is 16.2. The summed E-state index contributed by atoms with van der Waals surface area (Å²) in [6.45, 7) is 4.80. The first-order valence-corrected chi connectivity index (χ1v) is 7.96. The van der Waals surface area contributed by atoms with Gasteiger partial charge in [0.2, 0.25) is 5.91 Å². The standard InChI is InChI=1S/C18H21N3O3/c1-17(2)11-18(17,13-6-4-3-5-7-13)12-19-15(23)10-21-9-8-14(22)20-16(21)24/h3-9H,10-12H2,1-2H3,(H,19,23)(H,20,22,24)/t18-/m0/s1. The topological polar surface area (TPSA) is 84.0 Å². The minimum atomic E-state index is -0.581. The normalized spacial score (nSPS) is 21.2. The SMILES string of the molecule is CC1(C)C[C@]1(CNC(=O)Cn1ccc(=O)[nH]c1=O)c1ccccc1. The van der Waals surface area contributed by atoms with E-state index in [0.29, 0.717) is 6.54 Å². The number of aromatic nitrogens is 2. The van der Waals surface area contributed by atoms with Crippen LogP contribution in [0.25, 0.3) is 0 Å². The number of carbonyl (C=O) groups is 1. The van der Waals surface area contributed by atoms with Gasteiger partial charge in [0.25, 0.3) is 5.56 Å². The lowest BCUT2D eigenvalue weighted by atomic mass is 9.88. The molecule has 6 heteroatoms. The van der Waals surface area contributed by atoms with Crippen LogP contribution < -0.4 is 16.6 Å². The highest BCUT2D eigenvalue weighted by atomic mass is 16.2. The molecule has 0 unspecified atom stereocenters. The molecule has 1 atom stereocenters. The van der Waals surface area contributed by atoms with E-state index in [2.05, 4.69) is 36.3 Å². The molecule has 1 amide bonds. The van der Waals surface area contributed by atoms with E-state index in [1.54, 1.807) is 0 Å². The molecule has 0 radical (unpaired) electrons. The number of benzene rings is 1. The molecule has 1 fully saturated rings. The van der Waals surface area contributed by atoms with Crippen LogP contribution >= 0.6 is 0 Å². The number of nitrogens with one attached hydrogen (secondary N) is 2. The smallest absolute Gasteiger partial charge is 0.328 e. The monoisotopic (exact) mass is 327 g/mol. The van der Waals surface area contributed by atoms with Gasteiger partial charge in [0.15, 0.2) is 0 Å². The van der Waals surface area contributed by atoms with Crippen molar-refractivity contribution in [2.45, 2.75) is 32.2 Å². The van der Waals surface area contributed by atoms with E-state index in [9.17, 15) is 14.4 Å². The Balaban J connectivity index is 1.69. The molecule has 6 nitrogen and oxygen atoms in total. The van der Waals surface area contributed by atoms with Gasteiger partial charge < -0.3 is 5.32 Å². The molecule has 0 saturated heterocycles. The summed E-state index contributed by atoms with van der Waals surface area (Å²) in [6, 6.07) is 11.4. The molecule has 1 aromatic carbocycles. The maximum atomic E-state index is 12.2. The number of hydrogen-bond acceptors (Lipinski definition) is 3. The number of carbonyl (C=O) groups excluding carboxylic acids is 1. The molecule has 2 N–H and O–H groups in total. The Morgan fingerprint density at radius 1 is 1.21 bits per heavy atom. The molecule has 0 bridgehead atoms. The summed E-state index contributed by atoms with van der Waals surface area (Å²) in [5, 5.41) is 2.94. The van der Waals surface area contributed by atoms with Gasteiger partial charge in [-0.15, -0.1) is 0 Å². The predicted molar refractivity (Wildman–Crippen MR) is 90.9 cm³/mol. The Morgan fingerprint density at radius 3 is 2.46 bits per heavy atom. The lowest BCUT2D eigenvalue weighted by Gasteiger charge is -2.22.